The minimum absolute atomic E-state index is 0.344. The highest BCUT2D eigenvalue weighted by atomic mass is 19.1. The number of carbonyl (C=O) groups is 1. The highest BCUT2D eigenvalue weighted by molar-refractivity contribution is 5.66. The van der Waals surface area contributed by atoms with Crippen LogP contribution >= 0.6 is 0 Å². The van der Waals surface area contributed by atoms with Gasteiger partial charge in [0, 0.05) is 12.1 Å². The number of nitrogen functional groups attached to an aromatic ring is 1. The summed E-state index contributed by atoms with van der Waals surface area (Å²) in [5.41, 5.74) is 6.63. The summed E-state index contributed by atoms with van der Waals surface area (Å²) in [6.45, 7) is 0. The first-order valence-electron chi connectivity index (χ1n) is 3.89. The molecule has 2 nitrogen and oxygen atoms in total. The summed E-state index contributed by atoms with van der Waals surface area (Å²) in [6, 6.07) is 4.16. The number of hydrogen-bond acceptors (Lipinski definition) is 2. The Morgan fingerprint density at radius 1 is 1.46 bits per heavy atom. The number of carbonyl (C=O) groups excluding carboxylic acids is 1. The fourth-order valence-corrected chi connectivity index (χ4v) is 0.948. The van der Waals surface area contributed by atoms with Crippen LogP contribution in [0.5, 0.6) is 0 Å². The molecule has 2 N–H and O–H groups in total. The summed E-state index contributed by atoms with van der Waals surface area (Å²) in [5.74, 6) is -0.356. The van der Waals surface area contributed by atoms with Gasteiger partial charge in [-0.3, -0.25) is 0 Å². The normalized spacial score (nSPS) is 10.5. The molecular weight excluding hydrogens is 169 g/mol. The van der Waals surface area contributed by atoms with Gasteiger partial charge in [-0.1, -0.05) is 18.2 Å². The zero-order chi connectivity index (χ0) is 9.68. The molecule has 13 heavy (non-hydrogen) atoms. The van der Waals surface area contributed by atoms with Gasteiger partial charge in [0.15, 0.2) is 0 Å². The fraction of sp³-hybridized carbons (Fsp3) is 0.100. The van der Waals surface area contributed by atoms with E-state index in [2.05, 4.69) is 0 Å². The van der Waals surface area contributed by atoms with Gasteiger partial charge in [-0.2, -0.15) is 0 Å². The van der Waals surface area contributed by atoms with Crippen LogP contribution in [0, 0.1) is 5.82 Å². The number of allylic oxidation sites excluding steroid dienone is 1. The lowest BCUT2D eigenvalue weighted by Crippen LogP contribution is -1.89. The van der Waals surface area contributed by atoms with Crippen LogP contribution in [0.1, 0.15) is 12.0 Å². The van der Waals surface area contributed by atoms with Crippen molar-refractivity contribution in [3.05, 3.63) is 35.7 Å². The van der Waals surface area contributed by atoms with Gasteiger partial charge in [0.1, 0.15) is 12.1 Å². The zero-order valence-electron chi connectivity index (χ0n) is 7.03. The molecular formula is C10H10FNO. The van der Waals surface area contributed by atoms with Crippen molar-refractivity contribution in [3.63, 3.8) is 0 Å². The molecule has 0 spiro atoms. The molecule has 0 atom stereocenters. The average Bonchev–Trinajstić information content (AvgIpc) is 2.09. The van der Waals surface area contributed by atoms with Crippen molar-refractivity contribution in [1.82, 2.24) is 0 Å². The van der Waals surface area contributed by atoms with Gasteiger partial charge in [0.2, 0.25) is 0 Å². The second-order valence-corrected chi connectivity index (χ2v) is 2.58. The summed E-state index contributed by atoms with van der Waals surface area (Å²) in [6.07, 6.45) is 4.51. The SMILES string of the molecule is Nc1cc(F)ccc1C=CCC=O. The van der Waals surface area contributed by atoms with E-state index in [0.717, 1.165) is 11.8 Å². The number of benzene rings is 1. The highest BCUT2D eigenvalue weighted by Crippen LogP contribution is 2.14. The number of nitrogens with two attached hydrogens (primary N) is 1. The van der Waals surface area contributed by atoms with Crippen molar-refractivity contribution < 1.29 is 9.18 Å². The molecule has 0 bridgehead atoms. The summed E-state index contributed by atoms with van der Waals surface area (Å²) in [5, 5.41) is 0. The molecule has 0 fully saturated rings. The molecule has 3 heteroatoms. The highest BCUT2D eigenvalue weighted by Gasteiger charge is 1.95. The lowest BCUT2D eigenvalue weighted by Gasteiger charge is -1.98. The minimum atomic E-state index is -0.356. The molecule has 1 rings (SSSR count). The van der Waals surface area contributed by atoms with Gasteiger partial charge in [-0.05, 0) is 17.7 Å². The second kappa shape index (κ2) is 4.40. The van der Waals surface area contributed by atoms with E-state index < -0.39 is 0 Å². The quantitative estimate of drug-likeness (QED) is 0.569. The molecule has 0 saturated heterocycles. The summed E-state index contributed by atoms with van der Waals surface area (Å²) >= 11 is 0. The third-order valence-electron chi connectivity index (χ3n) is 1.58. The number of halogens is 1. The zero-order valence-corrected chi connectivity index (χ0v) is 7.03. The summed E-state index contributed by atoms with van der Waals surface area (Å²) < 4.78 is 12.6. The van der Waals surface area contributed by atoms with E-state index in [1.165, 1.54) is 12.1 Å². The summed E-state index contributed by atoms with van der Waals surface area (Å²) in [4.78, 5) is 9.99. The van der Waals surface area contributed by atoms with E-state index in [-0.39, 0.29) is 5.82 Å². The van der Waals surface area contributed by atoms with Crippen LogP contribution in [0.3, 0.4) is 0 Å². The molecule has 0 aliphatic carbocycles. The predicted molar refractivity (Wildman–Crippen MR) is 50.5 cm³/mol. The molecule has 0 saturated carbocycles. The Labute approximate surface area is 75.9 Å². The van der Waals surface area contributed by atoms with E-state index in [0.29, 0.717) is 12.1 Å². The Balaban J connectivity index is 2.83. The van der Waals surface area contributed by atoms with Gasteiger partial charge in [-0.15, -0.1) is 0 Å². The van der Waals surface area contributed by atoms with Crippen LogP contribution < -0.4 is 5.73 Å². The van der Waals surface area contributed by atoms with Gasteiger partial charge < -0.3 is 10.5 Å². The molecule has 0 aromatic heterocycles. The molecule has 0 radical (unpaired) electrons. The number of anilines is 1. The van der Waals surface area contributed by atoms with Gasteiger partial charge in [0.25, 0.3) is 0 Å². The van der Waals surface area contributed by atoms with Gasteiger partial charge in [-0.25, -0.2) is 4.39 Å². The van der Waals surface area contributed by atoms with E-state index in [1.807, 2.05) is 0 Å². The Bertz CT molecular complexity index is 334. The third-order valence-corrected chi connectivity index (χ3v) is 1.58. The Morgan fingerprint density at radius 3 is 2.85 bits per heavy atom. The lowest BCUT2D eigenvalue weighted by atomic mass is 10.1. The maximum Gasteiger partial charge on any atom is 0.125 e. The molecule has 0 unspecified atom stereocenters. The van der Waals surface area contributed by atoms with E-state index in [4.69, 9.17) is 5.73 Å². The maximum absolute atomic E-state index is 12.6. The summed E-state index contributed by atoms with van der Waals surface area (Å²) in [7, 11) is 0. The molecule has 1 aromatic rings. The minimum Gasteiger partial charge on any atom is -0.398 e. The second-order valence-electron chi connectivity index (χ2n) is 2.58. The van der Waals surface area contributed by atoms with Crippen molar-refractivity contribution >= 4 is 18.0 Å². The molecule has 0 aliphatic heterocycles. The van der Waals surface area contributed by atoms with Crippen molar-refractivity contribution in [2.75, 3.05) is 5.73 Å². The van der Waals surface area contributed by atoms with Crippen molar-refractivity contribution in [2.24, 2.45) is 0 Å². The van der Waals surface area contributed by atoms with Gasteiger partial charge in [0.05, 0.1) is 0 Å². The predicted octanol–water partition coefficient (Wildman–Crippen LogP) is 2.01. The van der Waals surface area contributed by atoms with E-state index in [1.54, 1.807) is 18.2 Å². The van der Waals surface area contributed by atoms with Crippen molar-refractivity contribution in [2.45, 2.75) is 6.42 Å². The van der Waals surface area contributed by atoms with E-state index in [9.17, 15) is 9.18 Å². The van der Waals surface area contributed by atoms with Crippen LogP contribution in [-0.2, 0) is 4.79 Å². The van der Waals surface area contributed by atoms with Crippen LogP contribution in [0.15, 0.2) is 24.3 Å². The number of hydrogen-bond donors (Lipinski definition) is 1. The molecule has 68 valence electrons. The Hall–Kier alpha value is -1.64. The monoisotopic (exact) mass is 179 g/mol. The topological polar surface area (TPSA) is 43.1 Å². The molecule has 0 amide bonds. The smallest absolute Gasteiger partial charge is 0.125 e. The van der Waals surface area contributed by atoms with E-state index >= 15 is 0 Å². The first kappa shape index (κ1) is 9.45. The van der Waals surface area contributed by atoms with Crippen LogP contribution in [0.4, 0.5) is 10.1 Å². The fourth-order valence-electron chi connectivity index (χ4n) is 0.948. The Kier molecular flexibility index (Phi) is 3.20. The lowest BCUT2D eigenvalue weighted by molar-refractivity contribution is -0.107. The molecule has 0 aliphatic rings. The van der Waals surface area contributed by atoms with Crippen LogP contribution in [0.25, 0.3) is 6.08 Å². The first-order chi connectivity index (χ1) is 6.24. The molecule has 0 heterocycles. The largest absolute Gasteiger partial charge is 0.398 e. The first-order valence-corrected chi connectivity index (χ1v) is 3.89. The molecule has 1 aromatic carbocycles. The van der Waals surface area contributed by atoms with Crippen molar-refractivity contribution in [1.29, 1.82) is 0 Å². The Morgan fingerprint density at radius 2 is 2.23 bits per heavy atom. The van der Waals surface area contributed by atoms with Crippen molar-refractivity contribution in [3.8, 4) is 0 Å². The maximum atomic E-state index is 12.6. The number of rotatable bonds is 3. The third kappa shape index (κ3) is 2.71. The average molecular weight is 179 g/mol. The van der Waals surface area contributed by atoms with Crippen LogP contribution in [0.2, 0.25) is 0 Å². The van der Waals surface area contributed by atoms with Crippen LogP contribution in [-0.4, -0.2) is 6.29 Å². The van der Waals surface area contributed by atoms with Gasteiger partial charge >= 0.3 is 0 Å². The number of aldehydes is 1. The standard InChI is InChI=1S/C10H10FNO/c11-9-5-4-8(10(12)7-9)3-1-2-6-13/h1,3-7H,2,12H2.